The predicted octanol–water partition coefficient (Wildman–Crippen LogP) is 4.76. The average molecular weight is 293 g/mol. The number of benzene rings is 2. The van der Waals surface area contributed by atoms with E-state index in [4.69, 9.17) is 23.2 Å². The summed E-state index contributed by atoms with van der Waals surface area (Å²) >= 11 is 12.2. The summed E-state index contributed by atoms with van der Waals surface area (Å²) in [6.07, 6.45) is 1.36. The third kappa shape index (κ3) is 2.38. The summed E-state index contributed by atoms with van der Waals surface area (Å²) in [4.78, 5) is 0. The van der Waals surface area contributed by atoms with Gasteiger partial charge in [0, 0.05) is 21.5 Å². The fourth-order valence-electron chi connectivity index (χ4n) is 2.88. The van der Waals surface area contributed by atoms with Gasteiger partial charge in [0.25, 0.3) is 0 Å². The van der Waals surface area contributed by atoms with Gasteiger partial charge in [0.2, 0.25) is 0 Å². The molecule has 1 aliphatic carbocycles. The van der Waals surface area contributed by atoms with E-state index >= 15 is 0 Å². The van der Waals surface area contributed by atoms with Crippen molar-refractivity contribution in [3.63, 3.8) is 0 Å². The molecule has 0 fully saturated rings. The maximum Gasteiger partial charge on any atom is 0.0873 e. The lowest BCUT2D eigenvalue weighted by Crippen LogP contribution is -2.08. The van der Waals surface area contributed by atoms with E-state index in [0.717, 1.165) is 18.4 Å². The van der Waals surface area contributed by atoms with Crippen molar-refractivity contribution in [1.29, 1.82) is 0 Å². The first-order chi connectivity index (χ1) is 9.16. The van der Waals surface area contributed by atoms with Crippen molar-refractivity contribution in [3.8, 4) is 0 Å². The molecule has 2 unspecified atom stereocenters. The zero-order chi connectivity index (χ0) is 13.4. The second-order valence-electron chi connectivity index (χ2n) is 4.95. The number of hydrogen-bond acceptors (Lipinski definition) is 1. The number of halogens is 2. The Balaban J connectivity index is 1.97. The first-order valence-electron chi connectivity index (χ1n) is 6.37. The summed E-state index contributed by atoms with van der Waals surface area (Å²) in [5.41, 5.74) is 3.27. The molecule has 98 valence electrons. The highest BCUT2D eigenvalue weighted by atomic mass is 35.5. The van der Waals surface area contributed by atoms with E-state index in [9.17, 15) is 5.11 Å². The molecule has 0 heterocycles. The van der Waals surface area contributed by atoms with Crippen LogP contribution in [0.4, 0.5) is 0 Å². The fraction of sp³-hybridized carbons (Fsp3) is 0.250. The Labute approximate surface area is 122 Å². The van der Waals surface area contributed by atoms with Crippen molar-refractivity contribution < 1.29 is 5.11 Å². The molecule has 0 bridgehead atoms. The van der Waals surface area contributed by atoms with Gasteiger partial charge in [0.1, 0.15) is 0 Å². The minimum atomic E-state index is -0.602. The molecular weight excluding hydrogens is 279 g/mol. The Morgan fingerprint density at radius 3 is 2.74 bits per heavy atom. The van der Waals surface area contributed by atoms with Crippen LogP contribution in [0, 0.1) is 0 Å². The highest BCUT2D eigenvalue weighted by Crippen LogP contribution is 2.43. The van der Waals surface area contributed by atoms with E-state index in [0.29, 0.717) is 10.0 Å². The van der Waals surface area contributed by atoms with Gasteiger partial charge in [0.05, 0.1) is 6.10 Å². The Morgan fingerprint density at radius 1 is 1.11 bits per heavy atom. The zero-order valence-electron chi connectivity index (χ0n) is 10.3. The smallest absolute Gasteiger partial charge is 0.0873 e. The number of aliphatic hydroxyl groups is 1. The summed E-state index contributed by atoms with van der Waals surface area (Å²) < 4.78 is 0. The molecule has 19 heavy (non-hydrogen) atoms. The molecular formula is C16H14Cl2O. The molecule has 0 aliphatic heterocycles. The van der Waals surface area contributed by atoms with Crippen LogP contribution in [-0.2, 0) is 6.42 Å². The molecule has 1 N–H and O–H groups in total. The Morgan fingerprint density at radius 2 is 1.89 bits per heavy atom. The van der Waals surface area contributed by atoms with Gasteiger partial charge in [-0.05, 0) is 42.2 Å². The summed E-state index contributed by atoms with van der Waals surface area (Å²) in [5, 5.41) is 11.8. The Hall–Kier alpha value is -1.02. The van der Waals surface area contributed by atoms with Crippen molar-refractivity contribution in [2.45, 2.75) is 24.9 Å². The lowest BCUT2D eigenvalue weighted by atomic mass is 9.90. The molecule has 2 atom stereocenters. The SMILES string of the molecule is OC(c1cc(Cl)ccc1Cl)C1CCc2ccccc21. The van der Waals surface area contributed by atoms with Crippen molar-refractivity contribution >= 4 is 23.2 Å². The zero-order valence-corrected chi connectivity index (χ0v) is 11.8. The summed E-state index contributed by atoms with van der Waals surface area (Å²) in [5.74, 6) is 0.104. The quantitative estimate of drug-likeness (QED) is 0.846. The van der Waals surface area contributed by atoms with Crippen LogP contribution >= 0.6 is 23.2 Å². The standard InChI is InChI=1S/C16H14Cl2O/c17-11-6-8-15(18)14(9-11)16(19)13-7-5-10-3-1-2-4-12(10)13/h1-4,6,8-9,13,16,19H,5,7H2. The lowest BCUT2D eigenvalue weighted by molar-refractivity contribution is 0.145. The van der Waals surface area contributed by atoms with E-state index in [2.05, 4.69) is 12.1 Å². The molecule has 3 rings (SSSR count). The molecule has 0 saturated carbocycles. The molecule has 0 amide bonds. The highest BCUT2D eigenvalue weighted by Gasteiger charge is 2.30. The largest absolute Gasteiger partial charge is 0.388 e. The van der Waals surface area contributed by atoms with Crippen molar-refractivity contribution in [2.24, 2.45) is 0 Å². The van der Waals surface area contributed by atoms with Crippen LogP contribution in [-0.4, -0.2) is 5.11 Å². The molecule has 0 spiro atoms. The van der Waals surface area contributed by atoms with Gasteiger partial charge in [-0.25, -0.2) is 0 Å². The fourth-order valence-corrected chi connectivity index (χ4v) is 3.29. The Bertz CT molecular complexity index is 609. The maximum atomic E-state index is 10.6. The van der Waals surface area contributed by atoms with E-state index in [1.165, 1.54) is 11.1 Å². The predicted molar refractivity (Wildman–Crippen MR) is 78.9 cm³/mol. The van der Waals surface area contributed by atoms with Gasteiger partial charge in [-0.2, -0.15) is 0 Å². The van der Waals surface area contributed by atoms with Crippen LogP contribution in [0.25, 0.3) is 0 Å². The van der Waals surface area contributed by atoms with Crippen molar-refractivity contribution in [2.75, 3.05) is 0 Å². The highest BCUT2D eigenvalue weighted by molar-refractivity contribution is 6.33. The second kappa shape index (κ2) is 5.16. The minimum Gasteiger partial charge on any atom is -0.388 e. The first kappa shape index (κ1) is 13.0. The molecule has 0 aromatic heterocycles. The Kier molecular flexibility index (Phi) is 3.53. The number of aryl methyl sites for hydroxylation is 1. The normalized spacial score (nSPS) is 19.2. The van der Waals surface area contributed by atoms with Crippen LogP contribution in [0.1, 0.15) is 35.1 Å². The van der Waals surface area contributed by atoms with Crippen molar-refractivity contribution in [1.82, 2.24) is 0 Å². The summed E-state index contributed by atoms with van der Waals surface area (Å²) in [6.45, 7) is 0. The number of hydrogen-bond donors (Lipinski definition) is 1. The monoisotopic (exact) mass is 292 g/mol. The second-order valence-corrected chi connectivity index (χ2v) is 5.80. The summed E-state index contributed by atoms with van der Waals surface area (Å²) in [7, 11) is 0. The van der Waals surface area contributed by atoms with Gasteiger partial charge in [-0.1, -0.05) is 47.5 Å². The van der Waals surface area contributed by atoms with E-state index in [-0.39, 0.29) is 5.92 Å². The van der Waals surface area contributed by atoms with Crippen LogP contribution < -0.4 is 0 Å². The number of fused-ring (bicyclic) bond motifs is 1. The first-order valence-corrected chi connectivity index (χ1v) is 7.13. The van der Waals surface area contributed by atoms with Gasteiger partial charge in [-0.3, -0.25) is 0 Å². The van der Waals surface area contributed by atoms with Gasteiger partial charge in [0.15, 0.2) is 0 Å². The minimum absolute atomic E-state index is 0.104. The van der Waals surface area contributed by atoms with Crippen LogP contribution in [0.15, 0.2) is 42.5 Å². The molecule has 2 aromatic rings. The number of aliphatic hydroxyl groups excluding tert-OH is 1. The molecule has 0 radical (unpaired) electrons. The third-order valence-corrected chi connectivity index (χ3v) is 4.42. The number of rotatable bonds is 2. The maximum absolute atomic E-state index is 10.6. The molecule has 1 aliphatic rings. The van der Waals surface area contributed by atoms with E-state index in [1.54, 1.807) is 18.2 Å². The topological polar surface area (TPSA) is 20.2 Å². The van der Waals surface area contributed by atoms with E-state index < -0.39 is 6.10 Å². The third-order valence-electron chi connectivity index (χ3n) is 3.84. The molecule has 3 heteroatoms. The molecule has 2 aromatic carbocycles. The lowest BCUT2D eigenvalue weighted by Gasteiger charge is -2.21. The van der Waals surface area contributed by atoms with Crippen LogP contribution in [0.5, 0.6) is 0 Å². The van der Waals surface area contributed by atoms with E-state index in [1.807, 2.05) is 12.1 Å². The molecule has 0 saturated heterocycles. The van der Waals surface area contributed by atoms with Crippen LogP contribution in [0.3, 0.4) is 0 Å². The van der Waals surface area contributed by atoms with Gasteiger partial charge >= 0.3 is 0 Å². The average Bonchev–Trinajstić information content (AvgIpc) is 2.84. The van der Waals surface area contributed by atoms with Crippen molar-refractivity contribution in [3.05, 3.63) is 69.2 Å². The van der Waals surface area contributed by atoms with Gasteiger partial charge in [-0.15, -0.1) is 0 Å². The van der Waals surface area contributed by atoms with Crippen LogP contribution in [0.2, 0.25) is 10.0 Å². The summed E-state index contributed by atoms with van der Waals surface area (Å²) in [6, 6.07) is 13.5. The molecule has 1 nitrogen and oxygen atoms in total. The van der Waals surface area contributed by atoms with Gasteiger partial charge < -0.3 is 5.11 Å².